The summed E-state index contributed by atoms with van der Waals surface area (Å²) in [6, 6.07) is 17.1. The van der Waals surface area contributed by atoms with Gasteiger partial charge in [0.1, 0.15) is 5.75 Å². The van der Waals surface area contributed by atoms with E-state index in [4.69, 9.17) is 9.15 Å². The number of methoxy groups -OCH3 is 1. The number of oxazole rings is 1. The van der Waals surface area contributed by atoms with Crippen molar-refractivity contribution in [3.63, 3.8) is 0 Å². The summed E-state index contributed by atoms with van der Waals surface area (Å²) in [4.78, 5) is 5.18. The number of hydrogen-bond acceptors (Lipinski definition) is 7. The highest BCUT2D eigenvalue weighted by atomic mass is 79.9. The zero-order valence-corrected chi connectivity index (χ0v) is 18.3. The standard InChI is InChI=1S/C20H15BrN2O4S2/c1-26-15-8-6-14(7-9-15)22-19-20(23-18(27-19)17-3-2-12-28-17)29(24,25)16-10-4-13(21)5-11-16/h2-12,22H,1H3. The third-order valence-corrected chi connectivity index (χ3v) is 7.12. The number of benzene rings is 2. The summed E-state index contributed by atoms with van der Waals surface area (Å²) in [7, 11) is -2.32. The largest absolute Gasteiger partial charge is 0.497 e. The molecule has 0 radical (unpaired) electrons. The van der Waals surface area contributed by atoms with Gasteiger partial charge in [-0.25, -0.2) is 8.42 Å². The Labute approximate surface area is 180 Å². The molecular weight excluding hydrogens is 476 g/mol. The number of anilines is 2. The van der Waals surface area contributed by atoms with Crippen molar-refractivity contribution in [1.82, 2.24) is 4.98 Å². The van der Waals surface area contributed by atoms with E-state index in [-0.39, 0.29) is 21.7 Å². The Bertz CT molecular complexity index is 1220. The molecule has 0 saturated heterocycles. The Morgan fingerprint density at radius 3 is 2.41 bits per heavy atom. The fraction of sp³-hybridized carbons (Fsp3) is 0.0500. The van der Waals surface area contributed by atoms with Crippen molar-refractivity contribution in [2.75, 3.05) is 12.4 Å². The highest BCUT2D eigenvalue weighted by molar-refractivity contribution is 9.10. The molecule has 0 bridgehead atoms. The van der Waals surface area contributed by atoms with Gasteiger partial charge in [0.05, 0.1) is 16.9 Å². The first-order valence-electron chi connectivity index (χ1n) is 8.44. The van der Waals surface area contributed by atoms with Crippen LogP contribution in [0.2, 0.25) is 0 Å². The number of nitrogens with zero attached hydrogens (tertiary/aromatic N) is 1. The fourth-order valence-corrected chi connectivity index (χ4v) is 4.77. The maximum atomic E-state index is 13.2. The van der Waals surface area contributed by atoms with Crippen molar-refractivity contribution in [3.8, 4) is 16.5 Å². The van der Waals surface area contributed by atoms with Gasteiger partial charge in [-0.1, -0.05) is 22.0 Å². The van der Waals surface area contributed by atoms with Gasteiger partial charge in [-0.15, -0.1) is 11.3 Å². The summed E-state index contributed by atoms with van der Waals surface area (Å²) in [6.07, 6.45) is 0. The first-order chi connectivity index (χ1) is 14.0. The van der Waals surface area contributed by atoms with Gasteiger partial charge in [0, 0.05) is 10.2 Å². The average Bonchev–Trinajstić information content (AvgIpc) is 3.39. The van der Waals surface area contributed by atoms with Crippen molar-refractivity contribution in [3.05, 3.63) is 70.5 Å². The van der Waals surface area contributed by atoms with Crippen LogP contribution in [0.1, 0.15) is 0 Å². The first kappa shape index (κ1) is 19.7. The SMILES string of the molecule is COc1ccc(Nc2oc(-c3cccs3)nc2S(=O)(=O)c2ccc(Br)cc2)cc1. The number of hydrogen-bond donors (Lipinski definition) is 1. The van der Waals surface area contributed by atoms with E-state index < -0.39 is 9.84 Å². The minimum Gasteiger partial charge on any atom is -0.497 e. The minimum atomic E-state index is -3.90. The van der Waals surface area contributed by atoms with Gasteiger partial charge in [0.15, 0.2) is 0 Å². The molecule has 0 spiro atoms. The molecule has 2 aromatic carbocycles. The summed E-state index contributed by atoms with van der Waals surface area (Å²) < 4.78 is 38.3. The number of sulfone groups is 1. The van der Waals surface area contributed by atoms with Crippen molar-refractivity contribution in [2.24, 2.45) is 0 Å². The predicted octanol–water partition coefficient (Wildman–Crippen LogP) is 5.75. The van der Waals surface area contributed by atoms with E-state index in [1.807, 2.05) is 17.5 Å². The minimum absolute atomic E-state index is 0.0569. The lowest BCUT2D eigenvalue weighted by Crippen LogP contribution is -2.05. The molecule has 0 atom stereocenters. The third kappa shape index (κ3) is 4.07. The molecule has 9 heteroatoms. The van der Waals surface area contributed by atoms with Crippen LogP contribution in [0.5, 0.6) is 5.75 Å². The highest BCUT2D eigenvalue weighted by Crippen LogP contribution is 2.35. The molecule has 0 aliphatic carbocycles. The Kier molecular flexibility index (Phi) is 5.44. The van der Waals surface area contributed by atoms with E-state index in [0.717, 1.165) is 9.35 Å². The Morgan fingerprint density at radius 2 is 1.79 bits per heavy atom. The lowest BCUT2D eigenvalue weighted by atomic mass is 10.3. The van der Waals surface area contributed by atoms with Gasteiger partial charge in [-0.2, -0.15) is 4.98 Å². The maximum absolute atomic E-state index is 13.2. The monoisotopic (exact) mass is 490 g/mol. The number of halogens is 1. The lowest BCUT2D eigenvalue weighted by Gasteiger charge is -2.07. The van der Waals surface area contributed by atoms with E-state index in [2.05, 4.69) is 26.2 Å². The molecule has 2 heterocycles. The van der Waals surface area contributed by atoms with E-state index in [1.165, 1.54) is 23.5 Å². The highest BCUT2D eigenvalue weighted by Gasteiger charge is 2.29. The van der Waals surface area contributed by atoms with Crippen LogP contribution >= 0.6 is 27.3 Å². The smallest absolute Gasteiger partial charge is 0.240 e. The average molecular weight is 491 g/mol. The van der Waals surface area contributed by atoms with Crippen LogP contribution in [0.25, 0.3) is 10.8 Å². The molecule has 0 saturated carbocycles. The molecule has 2 aromatic heterocycles. The quantitative estimate of drug-likeness (QED) is 0.370. The van der Waals surface area contributed by atoms with Gasteiger partial charge in [-0.3, -0.25) is 0 Å². The number of ether oxygens (including phenoxy) is 1. The summed E-state index contributed by atoms with van der Waals surface area (Å²) >= 11 is 4.74. The van der Waals surface area contributed by atoms with Crippen LogP contribution in [0.4, 0.5) is 11.6 Å². The van der Waals surface area contributed by atoms with Crippen LogP contribution < -0.4 is 10.1 Å². The fourth-order valence-electron chi connectivity index (χ4n) is 2.60. The number of nitrogens with one attached hydrogen (secondary N) is 1. The van der Waals surface area contributed by atoms with Crippen molar-refractivity contribution < 1.29 is 17.6 Å². The Morgan fingerprint density at radius 1 is 1.07 bits per heavy atom. The van der Waals surface area contributed by atoms with Crippen molar-refractivity contribution in [1.29, 1.82) is 0 Å². The van der Waals surface area contributed by atoms with Crippen molar-refractivity contribution in [2.45, 2.75) is 9.92 Å². The first-order valence-corrected chi connectivity index (χ1v) is 11.6. The molecule has 4 rings (SSSR count). The molecule has 29 heavy (non-hydrogen) atoms. The van der Waals surface area contributed by atoms with E-state index in [0.29, 0.717) is 11.4 Å². The van der Waals surface area contributed by atoms with E-state index >= 15 is 0 Å². The topological polar surface area (TPSA) is 81.4 Å². The number of aromatic nitrogens is 1. The number of thiophene rings is 1. The Hall–Kier alpha value is -2.62. The second-order valence-electron chi connectivity index (χ2n) is 5.94. The molecule has 0 aliphatic rings. The van der Waals surface area contributed by atoms with Crippen LogP contribution in [0.3, 0.4) is 0 Å². The zero-order valence-electron chi connectivity index (χ0n) is 15.1. The summed E-state index contributed by atoms with van der Waals surface area (Å²) in [5.74, 6) is 0.989. The predicted molar refractivity (Wildman–Crippen MR) is 116 cm³/mol. The van der Waals surface area contributed by atoms with Crippen LogP contribution in [-0.2, 0) is 9.84 Å². The summed E-state index contributed by atoms with van der Waals surface area (Å²) in [5.41, 5.74) is 0.645. The zero-order chi connectivity index (χ0) is 20.4. The van der Waals surface area contributed by atoms with Crippen molar-refractivity contribution >= 4 is 48.7 Å². The van der Waals surface area contributed by atoms with Crippen LogP contribution in [-0.4, -0.2) is 20.5 Å². The van der Waals surface area contributed by atoms with Gasteiger partial charge in [0.25, 0.3) is 0 Å². The molecule has 4 aromatic rings. The van der Waals surface area contributed by atoms with Gasteiger partial charge >= 0.3 is 0 Å². The summed E-state index contributed by atoms with van der Waals surface area (Å²) in [5, 5.41) is 4.73. The lowest BCUT2D eigenvalue weighted by molar-refractivity contribution is 0.415. The van der Waals surface area contributed by atoms with Gasteiger partial charge < -0.3 is 14.5 Å². The second-order valence-corrected chi connectivity index (χ2v) is 9.67. The molecule has 0 amide bonds. The van der Waals surface area contributed by atoms with E-state index in [1.54, 1.807) is 43.5 Å². The number of rotatable bonds is 6. The van der Waals surface area contributed by atoms with Crippen LogP contribution in [0, 0.1) is 0 Å². The second kappa shape index (κ2) is 8.02. The third-order valence-electron chi connectivity index (χ3n) is 4.05. The van der Waals surface area contributed by atoms with E-state index in [9.17, 15) is 8.42 Å². The molecule has 6 nitrogen and oxygen atoms in total. The Balaban J connectivity index is 1.79. The molecule has 0 unspecified atom stereocenters. The molecular formula is C20H15BrN2O4S2. The van der Waals surface area contributed by atoms with Gasteiger partial charge in [0.2, 0.25) is 26.6 Å². The molecule has 148 valence electrons. The van der Waals surface area contributed by atoms with Crippen LogP contribution in [0.15, 0.2) is 84.9 Å². The summed E-state index contributed by atoms with van der Waals surface area (Å²) in [6.45, 7) is 0. The molecule has 0 aliphatic heterocycles. The molecule has 0 fully saturated rings. The van der Waals surface area contributed by atoms with Gasteiger partial charge in [-0.05, 0) is 60.0 Å². The normalized spacial score (nSPS) is 11.4. The maximum Gasteiger partial charge on any atom is 0.240 e. The molecule has 1 N–H and O–H groups in total.